The Kier molecular flexibility index (Phi) is 5.20. The molecule has 24 heavy (non-hydrogen) atoms. The highest BCUT2D eigenvalue weighted by atomic mass is 79.9. The van der Waals surface area contributed by atoms with Gasteiger partial charge in [0.15, 0.2) is 11.6 Å². The van der Waals surface area contributed by atoms with Crippen molar-refractivity contribution in [3.63, 3.8) is 0 Å². The smallest absolute Gasteiger partial charge is 0.344 e. The summed E-state index contributed by atoms with van der Waals surface area (Å²) in [4.78, 5) is 36.1. The number of nitrogens with one attached hydrogen (secondary N) is 1. The number of aliphatic hydroxyl groups is 1. The van der Waals surface area contributed by atoms with Crippen LogP contribution in [0.4, 0.5) is 10.1 Å². The number of anilines is 1. The van der Waals surface area contributed by atoms with E-state index in [9.17, 15) is 23.9 Å². The average Bonchev–Trinajstić information content (AvgIpc) is 2.80. The summed E-state index contributed by atoms with van der Waals surface area (Å²) in [6.07, 6.45) is 0.965. The second kappa shape index (κ2) is 6.97. The molecule has 1 aliphatic heterocycles. The molecule has 128 valence electrons. The van der Waals surface area contributed by atoms with Crippen molar-refractivity contribution >= 4 is 39.4 Å². The van der Waals surface area contributed by atoms with Crippen molar-refractivity contribution in [3.05, 3.63) is 33.7 Å². The number of rotatable bonds is 5. The number of aromatic hydroxyl groups is 1. The first-order valence-electron chi connectivity index (χ1n) is 6.56. The second-order valence-corrected chi connectivity index (χ2v) is 5.49. The largest absolute Gasteiger partial charge is 0.505 e. The molecule has 2 amide bonds. The van der Waals surface area contributed by atoms with E-state index in [0.717, 1.165) is 24.2 Å². The number of methoxy groups -OCH3 is 1. The molecule has 0 aromatic heterocycles. The van der Waals surface area contributed by atoms with Crippen LogP contribution in [0.2, 0.25) is 0 Å². The lowest BCUT2D eigenvalue weighted by atomic mass is 10.1. The molecule has 0 fully saturated rings. The fraction of sp³-hybridized carbons (Fsp3) is 0.214. The third-order valence-corrected chi connectivity index (χ3v) is 3.76. The number of esters is 1. The summed E-state index contributed by atoms with van der Waals surface area (Å²) >= 11 is 2.89. The Morgan fingerprint density at radius 3 is 2.71 bits per heavy atom. The second-order valence-electron chi connectivity index (χ2n) is 4.64. The molecule has 0 radical (unpaired) electrons. The number of benzene rings is 1. The zero-order valence-electron chi connectivity index (χ0n) is 12.3. The van der Waals surface area contributed by atoms with Crippen LogP contribution in [0, 0.1) is 5.82 Å². The van der Waals surface area contributed by atoms with E-state index in [4.69, 9.17) is 5.11 Å². The number of nitrogens with zero attached hydrogens (tertiary/aromatic N) is 1. The Morgan fingerprint density at radius 2 is 2.12 bits per heavy atom. The highest BCUT2D eigenvalue weighted by Gasteiger charge is 2.32. The Morgan fingerprint density at radius 1 is 1.46 bits per heavy atom. The Balaban J connectivity index is 2.40. The zero-order chi connectivity index (χ0) is 18.0. The van der Waals surface area contributed by atoms with Gasteiger partial charge in [0.25, 0.3) is 11.8 Å². The van der Waals surface area contributed by atoms with Gasteiger partial charge in [0, 0.05) is 6.08 Å². The van der Waals surface area contributed by atoms with E-state index in [-0.39, 0.29) is 22.4 Å². The number of ether oxygens (including phenoxy) is 1. The van der Waals surface area contributed by atoms with Gasteiger partial charge in [-0.25, -0.2) is 9.18 Å². The van der Waals surface area contributed by atoms with Gasteiger partial charge in [0.2, 0.25) is 0 Å². The first-order valence-corrected chi connectivity index (χ1v) is 7.35. The number of phenols is 1. The number of carbonyl (C=O) groups is 3. The van der Waals surface area contributed by atoms with Crippen molar-refractivity contribution in [1.29, 1.82) is 0 Å². The van der Waals surface area contributed by atoms with Crippen molar-refractivity contribution in [3.8, 4) is 5.75 Å². The molecule has 0 atom stereocenters. The standard InChI is InChI=1S/C14H12BrFN2O6/c1-24-14(23)10-11(16)6(15)4-7(12(10)21)17-8-5-9(20)18(2-3-19)13(8)22/h4-5,17,19,21H,2-3H2,1H3. The van der Waals surface area contributed by atoms with Crippen molar-refractivity contribution in [2.75, 3.05) is 25.6 Å². The number of imide groups is 1. The average molecular weight is 403 g/mol. The number of aliphatic hydroxyl groups excluding tert-OH is 1. The van der Waals surface area contributed by atoms with Gasteiger partial charge < -0.3 is 20.3 Å². The molecule has 0 unspecified atom stereocenters. The monoisotopic (exact) mass is 402 g/mol. The third-order valence-electron chi connectivity index (χ3n) is 3.18. The summed E-state index contributed by atoms with van der Waals surface area (Å²) in [5.41, 5.74) is -1.10. The highest BCUT2D eigenvalue weighted by molar-refractivity contribution is 9.10. The van der Waals surface area contributed by atoms with Gasteiger partial charge in [-0.1, -0.05) is 0 Å². The Hall–Kier alpha value is -2.46. The number of hydrogen-bond donors (Lipinski definition) is 3. The third kappa shape index (κ3) is 3.10. The predicted octanol–water partition coefficient (Wildman–Crippen LogP) is 0.737. The van der Waals surface area contributed by atoms with Crippen LogP contribution in [0.1, 0.15) is 10.4 Å². The SMILES string of the molecule is COC(=O)c1c(O)c(NC2=CC(=O)N(CCO)C2=O)cc(Br)c1F. The molecule has 10 heteroatoms. The molecular formula is C14H12BrFN2O6. The normalized spacial score (nSPS) is 14.0. The lowest BCUT2D eigenvalue weighted by molar-refractivity contribution is -0.137. The molecule has 1 heterocycles. The van der Waals surface area contributed by atoms with Gasteiger partial charge in [-0.3, -0.25) is 14.5 Å². The van der Waals surface area contributed by atoms with E-state index in [1.807, 2.05) is 0 Å². The van der Waals surface area contributed by atoms with Gasteiger partial charge in [-0.2, -0.15) is 0 Å². The van der Waals surface area contributed by atoms with Gasteiger partial charge in [-0.05, 0) is 22.0 Å². The summed E-state index contributed by atoms with van der Waals surface area (Å²) in [6.45, 7) is -0.593. The molecule has 0 saturated heterocycles. The molecule has 8 nitrogen and oxygen atoms in total. The zero-order valence-corrected chi connectivity index (χ0v) is 13.9. The molecule has 1 aliphatic rings. The lowest BCUT2D eigenvalue weighted by Crippen LogP contribution is -2.34. The van der Waals surface area contributed by atoms with Gasteiger partial charge in [-0.15, -0.1) is 0 Å². The first-order chi connectivity index (χ1) is 11.3. The van der Waals surface area contributed by atoms with Gasteiger partial charge in [0.1, 0.15) is 11.3 Å². The van der Waals surface area contributed by atoms with Crippen LogP contribution in [-0.4, -0.2) is 53.2 Å². The fourth-order valence-electron chi connectivity index (χ4n) is 2.06. The van der Waals surface area contributed by atoms with Crippen LogP contribution >= 0.6 is 15.9 Å². The maximum atomic E-state index is 14.0. The van der Waals surface area contributed by atoms with Gasteiger partial charge >= 0.3 is 5.97 Å². The van der Waals surface area contributed by atoms with E-state index in [0.29, 0.717) is 0 Å². The summed E-state index contributed by atoms with van der Waals surface area (Å²) in [7, 11) is 1.02. The maximum absolute atomic E-state index is 14.0. The molecule has 0 bridgehead atoms. The van der Waals surface area contributed by atoms with Crippen LogP contribution in [-0.2, 0) is 14.3 Å². The van der Waals surface area contributed by atoms with E-state index in [1.54, 1.807) is 0 Å². The Labute approximate surface area is 143 Å². The highest BCUT2D eigenvalue weighted by Crippen LogP contribution is 2.36. The minimum Gasteiger partial charge on any atom is -0.505 e. The molecule has 3 N–H and O–H groups in total. The summed E-state index contributed by atoms with van der Waals surface area (Å²) < 4.78 is 18.2. The minimum atomic E-state index is -1.11. The quantitative estimate of drug-likeness (QED) is 0.377. The molecular weight excluding hydrogens is 391 g/mol. The number of amides is 2. The summed E-state index contributed by atoms with van der Waals surface area (Å²) in [5.74, 6) is -4.29. The van der Waals surface area contributed by atoms with E-state index >= 15 is 0 Å². The van der Waals surface area contributed by atoms with Crippen LogP contribution in [0.3, 0.4) is 0 Å². The topological polar surface area (TPSA) is 116 Å². The minimum absolute atomic E-state index is 0.159. The molecule has 1 aromatic carbocycles. The fourth-order valence-corrected chi connectivity index (χ4v) is 2.48. The van der Waals surface area contributed by atoms with Crippen molar-refractivity contribution in [2.24, 2.45) is 0 Å². The molecule has 0 saturated carbocycles. The molecule has 0 aliphatic carbocycles. The van der Waals surface area contributed by atoms with E-state index < -0.39 is 41.5 Å². The number of phenolic OH excluding ortho intramolecular Hbond substituents is 1. The summed E-state index contributed by atoms with van der Waals surface area (Å²) in [5, 5.41) is 21.4. The maximum Gasteiger partial charge on any atom is 0.344 e. The van der Waals surface area contributed by atoms with Gasteiger partial charge in [0.05, 0.1) is 30.4 Å². The lowest BCUT2D eigenvalue weighted by Gasteiger charge is -2.15. The van der Waals surface area contributed by atoms with E-state index in [2.05, 4.69) is 26.0 Å². The molecule has 2 rings (SSSR count). The van der Waals surface area contributed by atoms with E-state index in [1.165, 1.54) is 0 Å². The number of carbonyl (C=O) groups excluding carboxylic acids is 3. The van der Waals surface area contributed by atoms with Crippen molar-refractivity contribution < 1.29 is 33.7 Å². The van der Waals surface area contributed by atoms with Crippen LogP contribution in [0.15, 0.2) is 22.3 Å². The number of hydrogen-bond acceptors (Lipinski definition) is 7. The first kappa shape index (κ1) is 17.9. The predicted molar refractivity (Wildman–Crippen MR) is 82.6 cm³/mol. The Bertz CT molecular complexity index is 764. The van der Waals surface area contributed by atoms with Crippen LogP contribution in [0.25, 0.3) is 0 Å². The number of halogens is 2. The van der Waals surface area contributed by atoms with Crippen molar-refractivity contribution in [2.45, 2.75) is 0 Å². The van der Waals surface area contributed by atoms with Crippen LogP contribution < -0.4 is 5.32 Å². The summed E-state index contributed by atoms with van der Waals surface area (Å²) in [6, 6.07) is 1.10. The number of β-amino-alcohol motifs (C(OH)–C–C–N with tert-alkyl or cyclic N) is 1. The van der Waals surface area contributed by atoms with Crippen molar-refractivity contribution in [1.82, 2.24) is 4.90 Å². The van der Waals surface area contributed by atoms with Crippen LogP contribution in [0.5, 0.6) is 5.75 Å². The molecule has 1 aromatic rings. The molecule has 0 spiro atoms.